The van der Waals surface area contributed by atoms with Crippen LogP contribution in [0.15, 0.2) is 18.2 Å². The summed E-state index contributed by atoms with van der Waals surface area (Å²) in [5, 5.41) is 0. The molecule has 0 saturated heterocycles. The fraction of sp³-hybridized carbons (Fsp3) is 0.364. The SMILES string of the molecule is COCOc1cc(OC)ccc1C(=O)C(F)(F)F. The minimum absolute atomic E-state index is 0.237. The molecule has 0 fully saturated rings. The first-order valence-corrected chi connectivity index (χ1v) is 4.81. The maximum Gasteiger partial charge on any atom is 0.455 e. The molecule has 0 N–H and O–H groups in total. The highest BCUT2D eigenvalue weighted by Crippen LogP contribution is 2.30. The summed E-state index contributed by atoms with van der Waals surface area (Å²) >= 11 is 0. The summed E-state index contributed by atoms with van der Waals surface area (Å²) in [6.45, 7) is -0.273. The van der Waals surface area contributed by atoms with E-state index in [1.165, 1.54) is 26.4 Å². The van der Waals surface area contributed by atoms with E-state index in [0.717, 1.165) is 6.07 Å². The number of rotatable bonds is 5. The van der Waals surface area contributed by atoms with Gasteiger partial charge in [-0.2, -0.15) is 13.2 Å². The fourth-order valence-corrected chi connectivity index (χ4v) is 1.21. The van der Waals surface area contributed by atoms with Crippen LogP contribution in [0.1, 0.15) is 10.4 Å². The molecule has 0 amide bonds. The number of halogens is 3. The molecule has 0 aliphatic carbocycles. The third kappa shape index (κ3) is 3.36. The molecule has 0 radical (unpaired) electrons. The molecule has 0 atom stereocenters. The van der Waals surface area contributed by atoms with Crippen molar-refractivity contribution in [3.05, 3.63) is 23.8 Å². The highest BCUT2D eigenvalue weighted by Gasteiger charge is 2.40. The first-order valence-electron chi connectivity index (χ1n) is 4.81. The number of Topliss-reactive ketones (excluding diaryl/α,β-unsaturated/α-hetero) is 1. The Morgan fingerprint density at radius 3 is 2.44 bits per heavy atom. The summed E-state index contributed by atoms with van der Waals surface area (Å²) < 4.78 is 51.4. The van der Waals surface area contributed by atoms with Gasteiger partial charge in [0.25, 0.3) is 5.78 Å². The smallest absolute Gasteiger partial charge is 0.455 e. The van der Waals surface area contributed by atoms with Crippen molar-refractivity contribution in [2.45, 2.75) is 6.18 Å². The van der Waals surface area contributed by atoms with Crippen LogP contribution in [0.3, 0.4) is 0 Å². The molecular weight excluding hydrogens is 253 g/mol. The summed E-state index contributed by atoms with van der Waals surface area (Å²) in [4.78, 5) is 11.2. The normalized spacial score (nSPS) is 11.2. The van der Waals surface area contributed by atoms with E-state index in [0.29, 0.717) is 0 Å². The van der Waals surface area contributed by atoms with Crippen LogP contribution in [0.25, 0.3) is 0 Å². The number of carbonyl (C=O) groups excluding carboxylic acids is 1. The fourth-order valence-electron chi connectivity index (χ4n) is 1.21. The second-order valence-electron chi connectivity index (χ2n) is 3.24. The molecule has 0 spiro atoms. The van der Waals surface area contributed by atoms with Crippen LogP contribution >= 0.6 is 0 Å². The van der Waals surface area contributed by atoms with Crippen LogP contribution in [0.4, 0.5) is 13.2 Å². The predicted molar refractivity (Wildman–Crippen MR) is 55.9 cm³/mol. The Kier molecular flexibility index (Phi) is 4.55. The Hall–Kier alpha value is -1.76. The lowest BCUT2D eigenvalue weighted by molar-refractivity contribution is -0.0888. The number of ether oxygens (including phenoxy) is 3. The number of benzene rings is 1. The van der Waals surface area contributed by atoms with Crippen molar-refractivity contribution >= 4 is 5.78 Å². The second-order valence-corrected chi connectivity index (χ2v) is 3.24. The van der Waals surface area contributed by atoms with Gasteiger partial charge in [-0.1, -0.05) is 0 Å². The molecule has 1 aromatic carbocycles. The zero-order valence-corrected chi connectivity index (χ0v) is 9.71. The Balaban J connectivity index is 3.13. The standard InChI is InChI=1S/C11H11F3O4/c1-16-6-18-9-5-7(17-2)3-4-8(9)10(15)11(12,13)14/h3-5H,6H2,1-2H3. The third-order valence-corrected chi connectivity index (χ3v) is 2.02. The molecule has 18 heavy (non-hydrogen) atoms. The van der Waals surface area contributed by atoms with Crippen molar-refractivity contribution in [1.82, 2.24) is 0 Å². The van der Waals surface area contributed by atoms with Crippen molar-refractivity contribution in [2.75, 3.05) is 21.0 Å². The van der Waals surface area contributed by atoms with Gasteiger partial charge in [-0.05, 0) is 12.1 Å². The van der Waals surface area contributed by atoms with Gasteiger partial charge in [-0.25, -0.2) is 0 Å². The molecule has 4 nitrogen and oxygen atoms in total. The Morgan fingerprint density at radius 1 is 1.28 bits per heavy atom. The molecule has 0 aromatic heterocycles. The number of hydrogen-bond donors (Lipinski definition) is 0. The molecule has 0 aliphatic heterocycles. The van der Waals surface area contributed by atoms with E-state index in [-0.39, 0.29) is 18.3 Å². The van der Waals surface area contributed by atoms with E-state index >= 15 is 0 Å². The first kappa shape index (κ1) is 14.3. The number of alkyl halides is 3. The van der Waals surface area contributed by atoms with Crippen LogP contribution in [-0.4, -0.2) is 33.0 Å². The minimum atomic E-state index is -4.96. The minimum Gasteiger partial charge on any atom is -0.497 e. The Bertz CT molecular complexity index is 429. The predicted octanol–water partition coefficient (Wildman–Crippen LogP) is 2.42. The van der Waals surface area contributed by atoms with Crippen molar-refractivity contribution < 1.29 is 32.2 Å². The van der Waals surface area contributed by atoms with Crippen LogP contribution in [0.5, 0.6) is 11.5 Å². The Labute approximate surface area is 101 Å². The summed E-state index contributed by atoms with van der Waals surface area (Å²) in [6.07, 6.45) is -4.96. The lowest BCUT2D eigenvalue weighted by atomic mass is 10.1. The van der Waals surface area contributed by atoms with E-state index in [9.17, 15) is 18.0 Å². The van der Waals surface area contributed by atoms with Gasteiger partial charge in [0, 0.05) is 13.2 Å². The molecular formula is C11H11F3O4. The molecule has 7 heteroatoms. The average molecular weight is 264 g/mol. The zero-order chi connectivity index (χ0) is 13.8. The number of hydrogen-bond acceptors (Lipinski definition) is 4. The van der Waals surface area contributed by atoms with E-state index in [4.69, 9.17) is 9.47 Å². The largest absolute Gasteiger partial charge is 0.497 e. The molecule has 100 valence electrons. The summed E-state index contributed by atoms with van der Waals surface area (Å²) in [6, 6.07) is 3.44. The molecule has 0 aliphatic rings. The second kappa shape index (κ2) is 5.72. The van der Waals surface area contributed by atoms with Crippen LogP contribution in [0.2, 0.25) is 0 Å². The summed E-state index contributed by atoms with van der Waals surface area (Å²) in [7, 11) is 2.66. The third-order valence-electron chi connectivity index (χ3n) is 2.02. The van der Waals surface area contributed by atoms with Crippen molar-refractivity contribution in [2.24, 2.45) is 0 Å². The Morgan fingerprint density at radius 2 is 1.94 bits per heavy atom. The average Bonchev–Trinajstić information content (AvgIpc) is 2.34. The van der Waals surface area contributed by atoms with Gasteiger partial charge in [-0.3, -0.25) is 4.79 Å². The number of methoxy groups -OCH3 is 2. The van der Waals surface area contributed by atoms with Gasteiger partial charge in [0.2, 0.25) is 0 Å². The highest BCUT2D eigenvalue weighted by molar-refractivity contribution is 6.02. The lowest BCUT2D eigenvalue weighted by Gasteiger charge is -2.12. The highest BCUT2D eigenvalue weighted by atomic mass is 19.4. The van der Waals surface area contributed by atoms with Crippen molar-refractivity contribution in [3.63, 3.8) is 0 Å². The summed E-state index contributed by atoms with van der Waals surface area (Å²) in [5.41, 5.74) is -0.583. The van der Waals surface area contributed by atoms with Crippen LogP contribution in [-0.2, 0) is 4.74 Å². The molecule has 0 saturated carbocycles. The quantitative estimate of drug-likeness (QED) is 0.605. The van der Waals surface area contributed by atoms with Gasteiger partial charge in [-0.15, -0.1) is 0 Å². The molecule has 0 unspecified atom stereocenters. The first-order chi connectivity index (χ1) is 8.40. The van der Waals surface area contributed by atoms with E-state index in [2.05, 4.69) is 4.74 Å². The number of carbonyl (C=O) groups is 1. The number of ketones is 1. The molecule has 1 rings (SSSR count). The van der Waals surface area contributed by atoms with Gasteiger partial charge in [0.1, 0.15) is 11.5 Å². The summed E-state index contributed by atoms with van der Waals surface area (Å²) in [5.74, 6) is -1.94. The molecule has 0 heterocycles. The zero-order valence-electron chi connectivity index (χ0n) is 9.71. The lowest BCUT2D eigenvalue weighted by Crippen LogP contribution is -2.23. The van der Waals surface area contributed by atoms with Gasteiger partial charge in [0.05, 0.1) is 12.7 Å². The van der Waals surface area contributed by atoms with Crippen molar-refractivity contribution in [3.8, 4) is 11.5 Å². The van der Waals surface area contributed by atoms with Gasteiger partial charge < -0.3 is 14.2 Å². The van der Waals surface area contributed by atoms with E-state index in [1.807, 2.05) is 0 Å². The monoisotopic (exact) mass is 264 g/mol. The topological polar surface area (TPSA) is 44.8 Å². The van der Waals surface area contributed by atoms with Gasteiger partial charge in [0.15, 0.2) is 6.79 Å². The van der Waals surface area contributed by atoms with Crippen LogP contribution in [0, 0.1) is 0 Å². The van der Waals surface area contributed by atoms with Gasteiger partial charge >= 0.3 is 6.18 Å². The molecule has 0 bridgehead atoms. The van der Waals surface area contributed by atoms with Crippen molar-refractivity contribution in [1.29, 1.82) is 0 Å². The van der Waals surface area contributed by atoms with E-state index < -0.39 is 17.5 Å². The van der Waals surface area contributed by atoms with E-state index in [1.54, 1.807) is 0 Å². The molecule has 1 aromatic rings. The van der Waals surface area contributed by atoms with Crippen LogP contribution < -0.4 is 9.47 Å². The maximum atomic E-state index is 12.4. The maximum absolute atomic E-state index is 12.4.